The number of hydrogen-bond acceptors (Lipinski definition) is 3. The number of benzene rings is 1. The highest BCUT2D eigenvalue weighted by Gasteiger charge is 2.34. The fourth-order valence-electron chi connectivity index (χ4n) is 2.13. The number of nitrogens with zero attached hydrogens (tertiary/aromatic N) is 1. The van der Waals surface area contributed by atoms with Gasteiger partial charge in [0.15, 0.2) is 0 Å². The van der Waals surface area contributed by atoms with Gasteiger partial charge in [0.1, 0.15) is 16.5 Å². The Kier molecular flexibility index (Phi) is 3.89. The highest BCUT2D eigenvalue weighted by molar-refractivity contribution is 7.89. The van der Waals surface area contributed by atoms with Gasteiger partial charge in [0.05, 0.1) is 0 Å². The van der Waals surface area contributed by atoms with Crippen molar-refractivity contribution in [3.63, 3.8) is 0 Å². The lowest BCUT2D eigenvalue weighted by atomic mass is 10.2. The minimum Gasteiger partial charge on any atom is -0.311 e. The molecule has 1 saturated heterocycles. The first-order valence-corrected chi connectivity index (χ1v) is 7.46. The van der Waals surface area contributed by atoms with Crippen LogP contribution in [0, 0.1) is 11.6 Å². The van der Waals surface area contributed by atoms with Gasteiger partial charge in [-0.05, 0) is 26.0 Å². The lowest BCUT2D eigenvalue weighted by Crippen LogP contribution is -2.56. The molecule has 1 fully saturated rings. The summed E-state index contributed by atoms with van der Waals surface area (Å²) in [5.41, 5.74) is 0. The summed E-state index contributed by atoms with van der Waals surface area (Å²) in [6.45, 7) is 4.37. The Labute approximate surface area is 111 Å². The lowest BCUT2D eigenvalue weighted by molar-refractivity contribution is 0.244. The van der Waals surface area contributed by atoms with Crippen molar-refractivity contribution in [2.75, 3.05) is 13.1 Å². The molecule has 0 amide bonds. The number of piperazine rings is 1. The molecule has 2 rings (SSSR count). The van der Waals surface area contributed by atoms with Gasteiger partial charge in [0.2, 0.25) is 10.0 Å². The smallest absolute Gasteiger partial charge is 0.246 e. The first kappa shape index (κ1) is 14.4. The fourth-order valence-corrected chi connectivity index (χ4v) is 3.90. The summed E-state index contributed by atoms with van der Waals surface area (Å²) in [7, 11) is -3.94. The van der Waals surface area contributed by atoms with Gasteiger partial charge in [-0.15, -0.1) is 0 Å². The Bertz CT molecular complexity index is 577. The van der Waals surface area contributed by atoms with Gasteiger partial charge in [-0.25, -0.2) is 17.2 Å². The molecule has 7 heteroatoms. The maximum atomic E-state index is 13.7. The molecule has 1 heterocycles. The number of halogens is 2. The Hall–Kier alpha value is -1.05. The van der Waals surface area contributed by atoms with Gasteiger partial charge in [-0.3, -0.25) is 0 Å². The maximum Gasteiger partial charge on any atom is 0.246 e. The number of rotatable bonds is 2. The van der Waals surface area contributed by atoms with E-state index in [1.165, 1.54) is 4.31 Å². The minimum atomic E-state index is -3.94. The average Bonchev–Trinajstić information content (AvgIpc) is 2.31. The molecule has 1 aromatic carbocycles. The normalized spacial score (nSPS) is 25.5. The zero-order chi connectivity index (χ0) is 14.2. The van der Waals surface area contributed by atoms with Crippen LogP contribution in [0.25, 0.3) is 0 Å². The molecule has 0 aromatic heterocycles. The molecular weight excluding hydrogens is 274 g/mol. The van der Waals surface area contributed by atoms with Crippen LogP contribution >= 0.6 is 0 Å². The molecule has 19 heavy (non-hydrogen) atoms. The monoisotopic (exact) mass is 290 g/mol. The maximum absolute atomic E-state index is 13.7. The van der Waals surface area contributed by atoms with Crippen LogP contribution in [0.4, 0.5) is 8.78 Å². The first-order chi connectivity index (χ1) is 8.82. The van der Waals surface area contributed by atoms with Gasteiger partial charge in [0, 0.05) is 31.2 Å². The molecule has 2 unspecified atom stereocenters. The van der Waals surface area contributed by atoms with Crippen LogP contribution in [0.3, 0.4) is 0 Å². The molecule has 1 aliphatic heterocycles. The van der Waals surface area contributed by atoms with Crippen molar-refractivity contribution in [3.05, 3.63) is 29.8 Å². The van der Waals surface area contributed by atoms with E-state index in [-0.39, 0.29) is 18.6 Å². The average molecular weight is 290 g/mol. The Morgan fingerprint density at radius 1 is 1.32 bits per heavy atom. The number of hydrogen-bond donors (Lipinski definition) is 1. The molecule has 1 aromatic rings. The highest BCUT2D eigenvalue weighted by Crippen LogP contribution is 2.23. The third-order valence-corrected chi connectivity index (χ3v) is 5.20. The van der Waals surface area contributed by atoms with Crippen molar-refractivity contribution in [1.29, 1.82) is 0 Å². The van der Waals surface area contributed by atoms with Crippen molar-refractivity contribution >= 4 is 10.0 Å². The predicted molar refractivity (Wildman–Crippen MR) is 67.2 cm³/mol. The standard InChI is InChI=1S/C12H16F2N2O2S/c1-8-7-16(9(2)6-15-8)19(17,18)12-4-3-10(13)5-11(12)14/h3-5,8-9,15H,6-7H2,1-2H3. The second-order valence-electron chi connectivity index (χ2n) is 4.81. The third kappa shape index (κ3) is 2.77. The molecule has 0 bridgehead atoms. The van der Waals surface area contributed by atoms with E-state index >= 15 is 0 Å². The summed E-state index contributed by atoms with van der Waals surface area (Å²) in [4.78, 5) is -0.477. The molecule has 4 nitrogen and oxygen atoms in total. The first-order valence-electron chi connectivity index (χ1n) is 6.02. The Balaban J connectivity index is 2.41. The lowest BCUT2D eigenvalue weighted by Gasteiger charge is -2.36. The molecule has 106 valence electrons. The topological polar surface area (TPSA) is 49.4 Å². The zero-order valence-corrected chi connectivity index (χ0v) is 11.5. The van der Waals surface area contributed by atoms with Crippen LogP contribution in [-0.4, -0.2) is 37.9 Å². The zero-order valence-electron chi connectivity index (χ0n) is 10.7. The Morgan fingerprint density at radius 3 is 2.63 bits per heavy atom. The molecule has 1 aliphatic rings. The van der Waals surface area contributed by atoms with Crippen molar-refractivity contribution in [1.82, 2.24) is 9.62 Å². The summed E-state index contributed by atoms with van der Waals surface area (Å²) >= 11 is 0. The van der Waals surface area contributed by atoms with Gasteiger partial charge >= 0.3 is 0 Å². The van der Waals surface area contributed by atoms with E-state index in [4.69, 9.17) is 0 Å². The van der Waals surface area contributed by atoms with Gasteiger partial charge in [-0.2, -0.15) is 4.31 Å². The van der Waals surface area contributed by atoms with Crippen LogP contribution in [-0.2, 0) is 10.0 Å². The second-order valence-corrected chi connectivity index (χ2v) is 6.67. The van der Waals surface area contributed by atoms with E-state index in [1.54, 1.807) is 6.92 Å². The van der Waals surface area contributed by atoms with E-state index in [0.29, 0.717) is 12.6 Å². The summed E-state index contributed by atoms with van der Waals surface area (Å²) in [5, 5.41) is 3.15. The highest BCUT2D eigenvalue weighted by atomic mass is 32.2. The summed E-state index contributed by atoms with van der Waals surface area (Å²) < 4.78 is 52.6. The van der Waals surface area contributed by atoms with Crippen molar-refractivity contribution in [3.8, 4) is 0 Å². The Morgan fingerprint density at radius 2 is 2.00 bits per heavy atom. The van der Waals surface area contributed by atoms with Crippen LogP contribution < -0.4 is 5.32 Å². The third-order valence-electron chi connectivity index (χ3n) is 3.19. The van der Waals surface area contributed by atoms with Gasteiger partial charge in [0.25, 0.3) is 0 Å². The van der Waals surface area contributed by atoms with E-state index in [9.17, 15) is 17.2 Å². The minimum absolute atomic E-state index is 0.00511. The van der Waals surface area contributed by atoms with Crippen LogP contribution in [0.5, 0.6) is 0 Å². The second kappa shape index (κ2) is 5.15. The molecule has 0 spiro atoms. The molecule has 0 radical (unpaired) electrons. The van der Waals surface area contributed by atoms with Gasteiger partial charge in [-0.1, -0.05) is 0 Å². The molecule has 0 aliphatic carbocycles. The van der Waals surface area contributed by atoms with E-state index < -0.39 is 26.6 Å². The van der Waals surface area contributed by atoms with Crippen LogP contribution in [0.15, 0.2) is 23.1 Å². The van der Waals surface area contributed by atoms with Crippen LogP contribution in [0.2, 0.25) is 0 Å². The molecular formula is C12H16F2N2O2S. The fraction of sp³-hybridized carbons (Fsp3) is 0.500. The van der Waals surface area contributed by atoms with Gasteiger partial charge < -0.3 is 5.32 Å². The van der Waals surface area contributed by atoms with Crippen molar-refractivity contribution in [2.45, 2.75) is 30.8 Å². The SMILES string of the molecule is CC1CN(S(=O)(=O)c2ccc(F)cc2F)C(C)CN1. The predicted octanol–water partition coefficient (Wildman–Crippen LogP) is 1.34. The molecule has 2 atom stereocenters. The van der Waals surface area contributed by atoms with E-state index in [2.05, 4.69) is 5.32 Å². The number of nitrogens with one attached hydrogen (secondary N) is 1. The molecule has 1 N–H and O–H groups in total. The van der Waals surface area contributed by atoms with Crippen molar-refractivity contribution in [2.24, 2.45) is 0 Å². The molecule has 0 saturated carbocycles. The van der Waals surface area contributed by atoms with Crippen molar-refractivity contribution < 1.29 is 17.2 Å². The summed E-state index contributed by atoms with van der Waals surface area (Å²) in [5.74, 6) is -1.85. The van der Waals surface area contributed by atoms with E-state index in [0.717, 1.165) is 12.1 Å². The largest absolute Gasteiger partial charge is 0.311 e. The van der Waals surface area contributed by atoms with Crippen LogP contribution in [0.1, 0.15) is 13.8 Å². The number of sulfonamides is 1. The summed E-state index contributed by atoms with van der Waals surface area (Å²) in [6, 6.07) is 2.23. The quantitative estimate of drug-likeness (QED) is 0.894. The summed E-state index contributed by atoms with van der Waals surface area (Å²) in [6.07, 6.45) is 0. The van der Waals surface area contributed by atoms with E-state index in [1.807, 2.05) is 6.92 Å².